The molecule has 0 aliphatic rings. The van der Waals surface area contributed by atoms with E-state index in [4.69, 9.17) is 9.47 Å². The Bertz CT molecular complexity index is 627. The highest BCUT2D eigenvalue weighted by Gasteiger charge is 2.24. The van der Waals surface area contributed by atoms with Crippen LogP contribution in [0.3, 0.4) is 0 Å². The summed E-state index contributed by atoms with van der Waals surface area (Å²) in [5.41, 5.74) is 0.723. The van der Waals surface area contributed by atoms with Gasteiger partial charge in [-0.1, -0.05) is 41.5 Å². The van der Waals surface area contributed by atoms with Crippen LogP contribution < -0.4 is 15.4 Å². The van der Waals surface area contributed by atoms with Gasteiger partial charge in [-0.25, -0.2) is 4.79 Å². The molecule has 25 heavy (non-hydrogen) atoms. The van der Waals surface area contributed by atoms with Crippen molar-refractivity contribution in [1.82, 2.24) is 5.32 Å². The Labute approximate surface area is 150 Å². The molecule has 0 heterocycles. The molecule has 140 valence electrons. The van der Waals surface area contributed by atoms with Crippen LogP contribution in [0.4, 0.5) is 10.5 Å². The van der Waals surface area contributed by atoms with Gasteiger partial charge in [-0.3, -0.25) is 10.1 Å². The van der Waals surface area contributed by atoms with Crippen molar-refractivity contribution >= 4 is 17.7 Å². The van der Waals surface area contributed by atoms with E-state index in [1.165, 1.54) is 7.11 Å². The SMILES string of the molecule is COC(C)NC(=O)Oc1ccc(NC(=O)C(C)(C)C)cc1C(C)(C)C. The number of rotatable bonds is 4. The maximum absolute atomic E-state index is 12.2. The van der Waals surface area contributed by atoms with Gasteiger partial charge in [0.15, 0.2) is 0 Å². The van der Waals surface area contributed by atoms with Gasteiger partial charge < -0.3 is 14.8 Å². The molecule has 1 aromatic rings. The van der Waals surface area contributed by atoms with E-state index in [1.807, 2.05) is 47.6 Å². The highest BCUT2D eigenvalue weighted by molar-refractivity contribution is 5.94. The molecule has 0 fully saturated rings. The van der Waals surface area contributed by atoms with E-state index in [0.717, 1.165) is 5.56 Å². The monoisotopic (exact) mass is 350 g/mol. The van der Waals surface area contributed by atoms with Gasteiger partial charge in [0.1, 0.15) is 12.0 Å². The Balaban J connectivity index is 3.07. The third-order valence-corrected chi connectivity index (χ3v) is 3.60. The van der Waals surface area contributed by atoms with Crippen molar-refractivity contribution in [3.8, 4) is 5.75 Å². The zero-order valence-corrected chi connectivity index (χ0v) is 16.4. The normalized spacial score (nSPS) is 13.1. The van der Waals surface area contributed by atoms with Crippen molar-refractivity contribution < 1.29 is 19.1 Å². The molecule has 1 atom stereocenters. The van der Waals surface area contributed by atoms with E-state index in [1.54, 1.807) is 19.1 Å². The van der Waals surface area contributed by atoms with E-state index in [-0.39, 0.29) is 11.3 Å². The predicted octanol–water partition coefficient (Wildman–Crippen LogP) is 4.05. The molecular weight excluding hydrogens is 320 g/mol. The van der Waals surface area contributed by atoms with Crippen molar-refractivity contribution in [2.75, 3.05) is 12.4 Å². The maximum Gasteiger partial charge on any atom is 0.414 e. The van der Waals surface area contributed by atoms with Crippen LogP contribution in [0.2, 0.25) is 0 Å². The van der Waals surface area contributed by atoms with Crippen LogP contribution >= 0.6 is 0 Å². The molecule has 0 spiro atoms. The van der Waals surface area contributed by atoms with Crippen molar-refractivity contribution in [3.63, 3.8) is 0 Å². The highest BCUT2D eigenvalue weighted by Crippen LogP contribution is 2.34. The summed E-state index contributed by atoms with van der Waals surface area (Å²) in [6.07, 6.45) is -1.04. The van der Waals surface area contributed by atoms with Crippen molar-refractivity contribution in [2.24, 2.45) is 5.41 Å². The smallest absolute Gasteiger partial charge is 0.410 e. The van der Waals surface area contributed by atoms with Crippen LogP contribution in [0.1, 0.15) is 54.0 Å². The molecule has 6 heteroatoms. The second-order valence-electron chi connectivity index (χ2n) is 8.08. The fourth-order valence-corrected chi connectivity index (χ4v) is 1.96. The lowest BCUT2D eigenvalue weighted by Crippen LogP contribution is -2.36. The van der Waals surface area contributed by atoms with Crippen LogP contribution in [0.15, 0.2) is 18.2 Å². The second kappa shape index (κ2) is 7.87. The van der Waals surface area contributed by atoms with Crippen molar-refractivity contribution in [3.05, 3.63) is 23.8 Å². The topological polar surface area (TPSA) is 76.7 Å². The number of anilines is 1. The molecule has 0 aromatic heterocycles. The number of ether oxygens (including phenoxy) is 2. The number of carbonyl (C=O) groups is 2. The molecule has 0 aliphatic heterocycles. The lowest BCUT2D eigenvalue weighted by molar-refractivity contribution is -0.123. The quantitative estimate of drug-likeness (QED) is 0.803. The third kappa shape index (κ3) is 6.38. The summed E-state index contributed by atoms with van der Waals surface area (Å²) in [4.78, 5) is 24.2. The molecule has 2 amide bonds. The van der Waals surface area contributed by atoms with E-state index in [2.05, 4.69) is 10.6 Å². The molecule has 0 bridgehead atoms. The predicted molar refractivity (Wildman–Crippen MR) is 98.9 cm³/mol. The number of hydrogen-bond acceptors (Lipinski definition) is 4. The minimum Gasteiger partial charge on any atom is -0.410 e. The molecule has 1 aromatic carbocycles. The first-order valence-corrected chi connectivity index (χ1v) is 8.31. The average Bonchev–Trinajstić information content (AvgIpc) is 2.46. The summed E-state index contributed by atoms with van der Waals surface area (Å²) in [5, 5.41) is 5.47. The maximum atomic E-state index is 12.2. The minimum absolute atomic E-state index is 0.0762. The van der Waals surface area contributed by atoms with Gasteiger partial charge in [0.05, 0.1) is 0 Å². The van der Waals surface area contributed by atoms with E-state index >= 15 is 0 Å². The van der Waals surface area contributed by atoms with E-state index in [9.17, 15) is 9.59 Å². The van der Waals surface area contributed by atoms with Crippen LogP contribution in [0, 0.1) is 5.41 Å². The molecule has 2 N–H and O–H groups in total. The summed E-state index contributed by atoms with van der Waals surface area (Å²) >= 11 is 0. The fraction of sp³-hybridized carbons (Fsp3) is 0.579. The second-order valence-corrected chi connectivity index (χ2v) is 8.08. The van der Waals surface area contributed by atoms with Crippen molar-refractivity contribution in [2.45, 2.75) is 60.1 Å². The zero-order chi connectivity index (χ0) is 19.4. The first-order valence-electron chi connectivity index (χ1n) is 8.31. The van der Waals surface area contributed by atoms with Gasteiger partial charge in [0.2, 0.25) is 5.91 Å². The molecule has 0 saturated carbocycles. The van der Waals surface area contributed by atoms with Gasteiger partial charge >= 0.3 is 6.09 Å². The highest BCUT2D eigenvalue weighted by atomic mass is 16.6. The van der Waals surface area contributed by atoms with Gasteiger partial charge in [-0.05, 0) is 30.5 Å². The summed E-state index contributed by atoms with van der Waals surface area (Å²) in [7, 11) is 1.50. The minimum atomic E-state index is -0.591. The van der Waals surface area contributed by atoms with Gasteiger partial charge in [-0.15, -0.1) is 0 Å². The van der Waals surface area contributed by atoms with Crippen LogP contribution in [-0.4, -0.2) is 25.3 Å². The van der Waals surface area contributed by atoms with Crippen LogP contribution in [-0.2, 0) is 14.9 Å². The largest absolute Gasteiger partial charge is 0.414 e. The average molecular weight is 350 g/mol. The summed E-state index contributed by atoms with van der Waals surface area (Å²) in [5.74, 6) is 0.370. The Morgan fingerprint density at radius 1 is 1.08 bits per heavy atom. The molecule has 6 nitrogen and oxygen atoms in total. The molecule has 0 aliphatic carbocycles. The number of nitrogens with one attached hydrogen (secondary N) is 2. The third-order valence-electron chi connectivity index (χ3n) is 3.60. The number of hydrogen-bond donors (Lipinski definition) is 2. The number of benzene rings is 1. The molecule has 0 saturated heterocycles. The fourth-order valence-electron chi connectivity index (χ4n) is 1.96. The molecule has 1 unspecified atom stereocenters. The van der Waals surface area contributed by atoms with Gasteiger partial charge in [0, 0.05) is 23.8 Å². The summed E-state index contributed by atoms with van der Waals surface area (Å²) < 4.78 is 10.4. The molecule has 0 radical (unpaired) electrons. The first-order chi connectivity index (χ1) is 11.3. The number of methoxy groups -OCH3 is 1. The standard InChI is InChI=1S/C19H30N2O4/c1-12(24-8)20-17(23)25-15-10-9-13(11-14(15)18(2,3)4)21-16(22)19(5,6)7/h9-12H,1-8H3,(H,20,23)(H,21,22). The summed E-state index contributed by atoms with van der Waals surface area (Å²) in [6.45, 7) is 13.3. The number of carbonyl (C=O) groups excluding carboxylic acids is 2. The van der Waals surface area contributed by atoms with Crippen LogP contribution in [0.25, 0.3) is 0 Å². The Hall–Kier alpha value is -2.08. The van der Waals surface area contributed by atoms with Crippen LogP contribution in [0.5, 0.6) is 5.75 Å². The van der Waals surface area contributed by atoms with Gasteiger partial charge in [0.25, 0.3) is 0 Å². The van der Waals surface area contributed by atoms with E-state index in [0.29, 0.717) is 11.4 Å². The van der Waals surface area contributed by atoms with E-state index < -0.39 is 17.7 Å². The van der Waals surface area contributed by atoms with Crippen molar-refractivity contribution in [1.29, 1.82) is 0 Å². The lowest BCUT2D eigenvalue weighted by atomic mass is 9.86. The zero-order valence-electron chi connectivity index (χ0n) is 16.4. The molecule has 1 rings (SSSR count). The Kier molecular flexibility index (Phi) is 6.60. The lowest BCUT2D eigenvalue weighted by Gasteiger charge is -2.24. The van der Waals surface area contributed by atoms with Gasteiger partial charge in [-0.2, -0.15) is 0 Å². The Morgan fingerprint density at radius 3 is 2.16 bits per heavy atom. The molecular formula is C19H30N2O4. The summed E-state index contributed by atoms with van der Waals surface area (Å²) in [6, 6.07) is 5.25. The first kappa shape index (κ1) is 21.0. The number of amides is 2. The Morgan fingerprint density at radius 2 is 1.68 bits per heavy atom.